The molecule has 0 aliphatic carbocycles. The lowest BCUT2D eigenvalue weighted by atomic mass is 10.1. The van der Waals surface area contributed by atoms with Gasteiger partial charge in [0.15, 0.2) is 0 Å². The Bertz CT molecular complexity index is 446. The zero-order chi connectivity index (χ0) is 13.8. The summed E-state index contributed by atoms with van der Waals surface area (Å²) in [5.74, 6) is -1.44. The number of imidazole rings is 1. The van der Waals surface area contributed by atoms with Crippen LogP contribution < -0.4 is 5.32 Å². The Morgan fingerprint density at radius 2 is 2.42 bits per heavy atom. The Labute approximate surface area is 110 Å². The molecule has 1 saturated heterocycles. The Hall–Kier alpha value is -1.89. The molecule has 1 fully saturated rings. The second-order valence-corrected chi connectivity index (χ2v) is 4.69. The molecule has 2 heterocycles. The van der Waals surface area contributed by atoms with Crippen LogP contribution in [-0.4, -0.2) is 45.2 Å². The molecule has 0 bridgehead atoms. The van der Waals surface area contributed by atoms with Crippen LogP contribution in [0.4, 0.5) is 0 Å². The van der Waals surface area contributed by atoms with Gasteiger partial charge in [0.05, 0.1) is 12.4 Å². The molecule has 19 heavy (non-hydrogen) atoms. The van der Waals surface area contributed by atoms with Gasteiger partial charge in [0.25, 0.3) is 0 Å². The number of ether oxygens (including phenoxy) is 1. The van der Waals surface area contributed by atoms with Crippen LogP contribution in [0.2, 0.25) is 0 Å². The number of amides is 1. The van der Waals surface area contributed by atoms with Crippen molar-refractivity contribution in [1.82, 2.24) is 15.3 Å². The van der Waals surface area contributed by atoms with Crippen molar-refractivity contribution in [1.29, 1.82) is 0 Å². The summed E-state index contributed by atoms with van der Waals surface area (Å²) >= 11 is 0. The van der Waals surface area contributed by atoms with E-state index in [2.05, 4.69) is 15.3 Å². The molecule has 7 heteroatoms. The smallest absolute Gasteiger partial charge is 0.326 e. The van der Waals surface area contributed by atoms with Gasteiger partial charge < -0.3 is 20.1 Å². The number of nitrogens with zero attached hydrogens (tertiary/aromatic N) is 1. The fourth-order valence-corrected chi connectivity index (χ4v) is 2.08. The first kappa shape index (κ1) is 13.5. The van der Waals surface area contributed by atoms with Crippen molar-refractivity contribution < 1.29 is 19.4 Å². The molecule has 1 amide bonds. The molecule has 1 aromatic heterocycles. The van der Waals surface area contributed by atoms with Crippen molar-refractivity contribution in [2.24, 2.45) is 0 Å². The molecule has 0 spiro atoms. The van der Waals surface area contributed by atoms with Crippen molar-refractivity contribution in [3.63, 3.8) is 0 Å². The van der Waals surface area contributed by atoms with E-state index in [4.69, 9.17) is 9.84 Å². The summed E-state index contributed by atoms with van der Waals surface area (Å²) in [6.07, 6.45) is 4.13. The largest absolute Gasteiger partial charge is 0.480 e. The molecule has 0 saturated carbocycles. The van der Waals surface area contributed by atoms with Crippen LogP contribution in [0.25, 0.3) is 0 Å². The van der Waals surface area contributed by atoms with Gasteiger partial charge in [0.1, 0.15) is 12.1 Å². The first-order valence-electron chi connectivity index (χ1n) is 6.22. The lowest BCUT2D eigenvalue weighted by molar-refractivity contribution is -0.144. The van der Waals surface area contributed by atoms with Crippen molar-refractivity contribution in [2.75, 3.05) is 0 Å². The summed E-state index contributed by atoms with van der Waals surface area (Å²) in [6, 6.07) is -0.979. The van der Waals surface area contributed by atoms with Gasteiger partial charge >= 0.3 is 5.97 Å². The number of H-pyrrole nitrogens is 1. The Balaban J connectivity index is 1.93. The highest BCUT2D eigenvalue weighted by atomic mass is 16.5. The molecule has 104 valence electrons. The van der Waals surface area contributed by atoms with E-state index in [9.17, 15) is 9.59 Å². The van der Waals surface area contributed by atoms with Crippen molar-refractivity contribution in [3.05, 3.63) is 18.2 Å². The maximum Gasteiger partial charge on any atom is 0.326 e. The zero-order valence-electron chi connectivity index (χ0n) is 10.6. The van der Waals surface area contributed by atoms with Gasteiger partial charge in [0, 0.05) is 18.3 Å². The average molecular weight is 267 g/mol. The molecule has 7 nitrogen and oxygen atoms in total. The second kappa shape index (κ2) is 5.83. The summed E-state index contributed by atoms with van der Waals surface area (Å²) in [4.78, 5) is 29.7. The number of carbonyl (C=O) groups is 2. The highest BCUT2D eigenvalue weighted by molar-refractivity contribution is 5.86. The van der Waals surface area contributed by atoms with Crippen molar-refractivity contribution >= 4 is 11.9 Å². The molecule has 0 aromatic carbocycles. The number of hydrogen-bond acceptors (Lipinski definition) is 4. The molecular weight excluding hydrogens is 250 g/mol. The molecule has 1 aliphatic heterocycles. The number of aromatic nitrogens is 2. The topological polar surface area (TPSA) is 104 Å². The van der Waals surface area contributed by atoms with Crippen LogP contribution in [0.3, 0.4) is 0 Å². The van der Waals surface area contributed by atoms with E-state index in [0.717, 1.165) is 6.42 Å². The number of nitrogens with one attached hydrogen (secondary N) is 2. The lowest BCUT2D eigenvalue weighted by Crippen LogP contribution is -2.46. The van der Waals surface area contributed by atoms with Gasteiger partial charge in [-0.15, -0.1) is 0 Å². The average Bonchev–Trinajstić information content (AvgIpc) is 2.99. The predicted molar refractivity (Wildman–Crippen MR) is 65.4 cm³/mol. The molecule has 0 radical (unpaired) electrons. The summed E-state index contributed by atoms with van der Waals surface area (Å²) in [5.41, 5.74) is 0.661. The monoisotopic (exact) mass is 267 g/mol. The molecule has 3 atom stereocenters. The van der Waals surface area contributed by atoms with Gasteiger partial charge in [-0.25, -0.2) is 9.78 Å². The van der Waals surface area contributed by atoms with E-state index in [1.165, 1.54) is 12.5 Å². The van der Waals surface area contributed by atoms with Crippen LogP contribution in [0.1, 0.15) is 25.5 Å². The summed E-state index contributed by atoms with van der Waals surface area (Å²) in [7, 11) is 0. The van der Waals surface area contributed by atoms with Crippen LogP contribution in [0, 0.1) is 0 Å². The van der Waals surface area contributed by atoms with Crippen LogP contribution in [-0.2, 0) is 20.7 Å². The minimum Gasteiger partial charge on any atom is -0.480 e. The molecule has 2 unspecified atom stereocenters. The SMILES string of the molecule is CC1CCC(C(=O)N[C@H](Cc2cnc[nH]2)C(=O)O)O1. The first-order valence-corrected chi connectivity index (χ1v) is 6.22. The second-order valence-electron chi connectivity index (χ2n) is 4.69. The molecule has 3 N–H and O–H groups in total. The summed E-state index contributed by atoms with van der Waals surface area (Å²) in [6.45, 7) is 1.90. The van der Waals surface area contributed by atoms with Gasteiger partial charge in [0.2, 0.25) is 5.91 Å². The molecule has 1 aliphatic rings. The van der Waals surface area contributed by atoms with E-state index in [0.29, 0.717) is 12.1 Å². The molecular formula is C12H17N3O4. The normalized spacial score (nSPS) is 24.1. The fourth-order valence-electron chi connectivity index (χ4n) is 2.08. The van der Waals surface area contributed by atoms with Crippen LogP contribution in [0.5, 0.6) is 0 Å². The third-order valence-corrected chi connectivity index (χ3v) is 3.12. The van der Waals surface area contributed by atoms with Crippen LogP contribution >= 0.6 is 0 Å². The van der Waals surface area contributed by atoms with Gasteiger partial charge in [-0.2, -0.15) is 0 Å². The van der Waals surface area contributed by atoms with Gasteiger partial charge in [-0.1, -0.05) is 0 Å². The van der Waals surface area contributed by atoms with Crippen molar-refractivity contribution in [3.8, 4) is 0 Å². The van der Waals surface area contributed by atoms with E-state index in [1.807, 2.05) is 6.92 Å². The number of rotatable bonds is 5. The van der Waals surface area contributed by atoms with Gasteiger partial charge in [-0.05, 0) is 19.8 Å². The maximum absolute atomic E-state index is 11.9. The van der Waals surface area contributed by atoms with E-state index in [-0.39, 0.29) is 18.4 Å². The summed E-state index contributed by atoms with van der Waals surface area (Å²) < 4.78 is 5.41. The number of aliphatic carboxylic acids is 1. The van der Waals surface area contributed by atoms with E-state index in [1.54, 1.807) is 0 Å². The van der Waals surface area contributed by atoms with Gasteiger partial charge in [-0.3, -0.25) is 4.79 Å². The molecule has 2 rings (SSSR count). The quantitative estimate of drug-likeness (QED) is 0.701. The third kappa shape index (κ3) is 3.54. The highest BCUT2D eigenvalue weighted by Crippen LogP contribution is 2.19. The standard InChI is InChI=1S/C12H17N3O4/c1-7-2-3-10(19-7)11(16)15-9(12(17)18)4-8-5-13-6-14-8/h5-7,9-10H,2-4H2,1H3,(H,13,14)(H,15,16)(H,17,18)/t7?,9-,10?/m1/s1. The highest BCUT2D eigenvalue weighted by Gasteiger charge is 2.31. The number of carboxylic acids is 1. The van der Waals surface area contributed by atoms with E-state index < -0.39 is 18.1 Å². The summed E-state index contributed by atoms with van der Waals surface area (Å²) in [5, 5.41) is 11.6. The number of carboxylic acid groups (broad SMARTS) is 1. The predicted octanol–water partition coefficient (Wildman–Crippen LogP) is 0.0891. The zero-order valence-corrected chi connectivity index (χ0v) is 10.6. The maximum atomic E-state index is 11.9. The van der Waals surface area contributed by atoms with Crippen molar-refractivity contribution in [2.45, 2.75) is 44.4 Å². The minimum absolute atomic E-state index is 0.0478. The Morgan fingerprint density at radius 3 is 2.95 bits per heavy atom. The number of aromatic amines is 1. The third-order valence-electron chi connectivity index (χ3n) is 3.12. The Morgan fingerprint density at radius 1 is 1.63 bits per heavy atom. The first-order chi connectivity index (χ1) is 9.06. The van der Waals surface area contributed by atoms with Crippen LogP contribution in [0.15, 0.2) is 12.5 Å². The lowest BCUT2D eigenvalue weighted by Gasteiger charge is -2.17. The number of hydrogen-bond donors (Lipinski definition) is 3. The molecule has 1 aromatic rings. The van der Waals surface area contributed by atoms with E-state index >= 15 is 0 Å². The fraction of sp³-hybridized carbons (Fsp3) is 0.583. The number of carbonyl (C=O) groups excluding carboxylic acids is 1. The minimum atomic E-state index is -1.08. The Kier molecular flexibility index (Phi) is 4.16.